The molecule has 0 radical (unpaired) electrons. The molecule has 0 spiro atoms. The Morgan fingerprint density at radius 3 is 2.56 bits per heavy atom. The summed E-state index contributed by atoms with van der Waals surface area (Å²) < 4.78 is 5.88. The van der Waals surface area contributed by atoms with Gasteiger partial charge in [0.1, 0.15) is 5.75 Å². The lowest BCUT2D eigenvalue weighted by molar-refractivity contribution is 0.256. The summed E-state index contributed by atoms with van der Waals surface area (Å²) in [6.07, 6.45) is 3.10. The van der Waals surface area contributed by atoms with Crippen molar-refractivity contribution in [1.29, 1.82) is 5.26 Å². The number of pyridine rings is 1. The molecule has 0 fully saturated rings. The highest BCUT2D eigenvalue weighted by Gasteiger charge is 2.20. The fourth-order valence-corrected chi connectivity index (χ4v) is 2.33. The minimum absolute atomic E-state index is 0.364. The smallest absolute Gasteiger partial charge is 0.324 e. The first kappa shape index (κ1) is 16.0. The Kier molecular flexibility index (Phi) is 4.58. The SMILES string of the molecule is N#Cc1ccc(Oc2ccccc2)c(N(C(N)=O)c2cccnc2)c1. The number of primary amides is 1. The van der Waals surface area contributed by atoms with E-state index in [9.17, 15) is 10.1 Å². The molecule has 6 nitrogen and oxygen atoms in total. The number of carbonyl (C=O) groups is 1. The molecule has 3 rings (SSSR count). The average molecular weight is 330 g/mol. The van der Waals surface area contributed by atoms with Crippen LogP contribution in [0.1, 0.15) is 5.56 Å². The van der Waals surface area contributed by atoms with Gasteiger partial charge in [-0.3, -0.25) is 9.88 Å². The van der Waals surface area contributed by atoms with E-state index >= 15 is 0 Å². The maximum atomic E-state index is 12.1. The number of anilines is 2. The van der Waals surface area contributed by atoms with Crippen molar-refractivity contribution >= 4 is 17.4 Å². The summed E-state index contributed by atoms with van der Waals surface area (Å²) in [5.74, 6) is 0.997. The van der Waals surface area contributed by atoms with Gasteiger partial charge in [-0.25, -0.2) is 4.79 Å². The van der Waals surface area contributed by atoms with E-state index < -0.39 is 6.03 Å². The van der Waals surface area contributed by atoms with Crippen molar-refractivity contribution < 1.29 is 9.53 Å². The number of para-hydroxylation sites is 1. The molecule has 25 heavy (non-hydrogen) atoms. The molecule has 3 aromatic rings. The largest absolute Gasteiger partial charge is 0.455 e. The summed E-state index contributed by atoms with van der Waals surface area (Å²) in [5, 5.41) is 9.20. The van der Waals surface area contributed by atoms with E-state index in [0.717, 1.165) is 0 Å². The second-order valence-corrected chi connectivity index (χ2v) is 5.09. The van der Waals surface area contributed by atoms with E-state index in [4.69, 9.17) is 10.5 Å². The third-order valence-electron chi connectivity index (χ3n) is 3.42. The van der Waals surface area contributed by atoms with Crippen LogP contribution in [0.3, 0.4) is 0 Å². The molecule has 1 aromatic heterocycles. The Bertz CT molecular complexity index is 921. The van der Waals surface area contributed by atoms with Gasteiger partial charge in [-0.1, -0.05) is 18.2 Å². The van der Waals surface area contributed by atoms with E-state index in [1.54, 1.807) is 48.7 Å². The molecule has 2 amide bonds. The second kappa shape index (κ2) is 7.15. The molecule has 1 heterocycles. The van der Waals surface area contributed by atoms with Crippen molar-refractivity contribution in [1.82, 2.24) is 4.98 Å². The molecule has 2 aromatic carbocycles. The average Bonchev–Trinajstić information content (AvgIpc) is 2.64. The zero-order valence-corrected chi connectivity index (χ0v) is 13.2. The van der Waals surface area contributed by atoms with E-state index in [0.29, 0.717) is 28.4 Å². The lowest BCUT2D eigenvalue weighted by Crippen LogP contribution is -2.31. The number of amides is 2. The molecule has 122 valence electrons. The number of benzene rings is 2. The van der Waals surface area contributed by atoms with Crippen LogP contribution in [0.4, 0.5) is 16.2 Å². The van der Waals surface area contributed by atoms with Gasteiger partial charge in [0, 0.05) is 6.20 Å². The number of nitrogens with two attached hydrogens (primary N) is 1. The predicted octanol–water partition coefficient (Wildman–Crippen LogP) is 3.96. The molecular weight excluding hydrogens is 316 g/mol. The number of urea groups is 1. The zero-order chi connectivity index (χ0) is 17.6. The molecule has 0 saturated carbocycles. The molecule has 0 aliphatic heterocycles. The topological polar surface area (TPSA) is 92.2 Å². The van der Waals surface area contributed by atoms with Crippen molar-refractivity contribution in [3.63, 3.8) is 0 Å². The molecule has 2 N–H and O–H groups in total. The van der Waals surface area contributed by atoms with Gasteiger partial charge >= 0.3 is 6.03 Å². The standard InChI is InChI=1S/C19H14N4O2/c20-12-14-8-9-18(25-16-6-2-1-3-7-16)17(11-14)23(19(21)24)15-5-4-10-22-13-15/h1-11,13H,(H2,21,24). The summed E-state index contributed by atoms with van der Waals surface area (Å²) in [4.78, 5) is 17.4. The monoisotopic (exact) mass is 330 g/mol. The first-order valence-corrected chi connectivity index (χ1v) is 7.45. The summed E-state index contributed by atoms with van der Waals surface area (Å²) in [7, 11) is 0. The van der Waals surface area contributed by atoms with Gasteiger partial charge in [-0.2, -0.15) is 5.26 Å². The van der Waals surface area contributed by atoms with Crippen LogP contribution in [0, 0.1) is 11.3 Å². The van der Waals surface area contributed by atoms with Crippen LogP contribution in [0.25, 0.3) is 0 Å². The fourth-order valence-electron chi connectivity index (χ4n) is 2.33. The Morgan fingerprint density at radius 1 is 1.12 bits per heavy atom. The van der Waals surface area contributed by atoms with Gasteiger partial charge in [0.25, 0.3) is 0 Å². The van der Waals surface area contributed by atoms with Crippen molar-refractivity contribution in [2.45, 2.75) is 0 Å². The van der Waals surface area contributed by atoms with E-state index in [2.05, 4.69) is 11.1 Å². The Hall–Kier alpha value is -3.85. The van der Waals surface area contributed by atoms with Gasteiger partial charge in [0.05, 0.1) is 29.2 Å². The summed E-state index contributed by atoms with van der Waals surface area (Å²) in [6, 6.07) is 18.7. The lowest BCUT2D eigenvalue weighted by atomic mass is 10.1. The third kappa shape index (κ3) is 3.57. The number of hydrogen-bond acceptors (Lipinski definition) is 4. The predicted molar refractivity (Wildman–Crippen MR) is 93.6 cm³/mol. The maximum Gasteiger partial charge on any atom is 0.324 e. The normalized spacial score (nSPS) is 9.88. The number of aromatic nitrogens is 1. The summed E-state index contributed by atoms with van der Waals surface area (Å²) in [5.41, 5.74) is 6.79. The molecule has 0 atom stereocenters. The molecule has 0 aliphatic rings. The molecule has 0 aliphatic carbocycles. The minimum Gasteiger partial charge on any atom is -0.455 e. The van der Waals surface area contributed by atoms with Gasteiger partial charge in [-0.15, -0.1) is 0 Å². The Balaban J connectivity index is 2.11. The number of rotatable bonds is 4. The highest BCUT2D eigenvalue weighted by Crippen LogP contribution is 2.36. The second-order valence-electron chi connectivity index (χ2n) is 5.09. The lowest BCUT2D eigenvalue weighted by Gasteiger charge is -2.23. The Labute approximate surface area is 144 Å². The number of carbonyl (C=O) groups excluding carboxylic acids is 1. The van der Waals surface area contributed by atoms with E-state index in [1.807, 2.05) is 18.2 Å². The van der Waals surface area contributed by atoms with Crippen molar-refractivity contribution in [3.8, 4) is 17.6 Å². The molecule has 0 saturated heterocycles. The molecular formula is C19H14N4O2. The van der Waals surface area contributed by atoms with Crippen molar-refractivity contribution in [2.75, 3.05) is 4.90 Å². The van der Waals surface area contributed by atoms with Crippen LogP contribution in [-0.2, 0) is 0 Å². The van der Waals surface area contributed by atoms with Crippen LogP contribution in [0.2, 0.25) is 0 Å². The van der Waals surface area contributed by atoms with Crippen LogP contribution in [0.15, 0.2) is 73.1 Å². The fraction of sp³-hybridized carbons (Fsp3) is 0. The van der Waals surface area contributed by atoms with Gasteiger partial charge in [0.2, 0.25) is 0 Å². The number of hydrogen-bond donors (Lipinski definition) is 1. The number of ether oxygens (including phenoxy) is 1. The van der Waals surface area contributed by atoms with E-state index in [-0.39, 0.29) is 0 Å². The van der Waals surface area contributed by atoms with E-state index in [1.165, 1.54) is 11.1 Å². The van der Waals surface area contributed by atoms with Crippen LogP contribution >= 0.6 is 0 Å². The quantitative estimate of drug-likeness (QED) is 0.783. The highest BCUT2D eigenvalue weighted by atomic mass is 16.5. The first-order chi connectivity index (χ1) is 12.2. The van der Waals surface area contributed by atoms with Crippen LogP contribution in [-0.4, -0.2) is 11.0 Å². The van der Waals surface area contributed by atoms with Crippen molar-refractivity contribution in [3.05, 3.63) is 78.6 Å². The third-order valence-corrected chi connectivity index (χ3v) is 3.42. The molecule has 0 bridgehead atoms. The Morgan fingerprint density at radius 2 is 1.92 bits per heavy atom. The van der Waals surface area contributed by atoms with Gasteiger partial charge in [0.15, 0.2) is 5.75 Å². The van der Waals surface area contributed by atoms with Gasteiger partial charge < -0.3 is 10.5 Å². The number of nitrogens with zero attached hydrogens (tertiary/aromatic N) is 3. The summed E-state index contributed by atoms with van der Waals surface area (Å²) in [6.45, 7) is 0. The van der Waals surface area contributed by atoms with Gasteiger partial charge in [-0.05, 0) is 42.5 Å². The number of nitriles is 1. The maximum absolute atomic E-state index is 12.1. The zero-order valence-electron chi connectivity index (χ0n) is 13.2. The minimum atomic E-state index is -0.707. The molecule has 0 unspecified atom stereocenters. The highest BCUT2D eigenvalue weighted by molar-refractivity contribution is 6.00. The molecule has 6 heteroatoms. The van der Waals surface area contributed by atoms with Crippen LogP contribution < -0.4 is 15.4 Å². The van der Waals surface area contributed by atoms with Crippen LogP contribution in [0.5, 0.6) is 11.5 Å². The van der Waals surface area contributed by atoms with Crippen molar-refractivity contribution in [2.24, 2.45) is 5.73 Å². The first-order valence-electron chi connectivity index (χ1n) is 7.45. The summed E-state index contributed by atoms with van der Waals surface area (Å²) >= 11 is 0.